The van der Waals surface area contributed by atoms with Crippen molar-refractivity contribution < 1.29 is 14.3 Å². The second-order valence-corrected chi connectivity index (χ2v) is 3.45. The molecule has 2 rings (SSSR count). The van der Waals surface area contributed by atoms with Gasteiger partial charge in [0, 0.05) is 16.7 Å². The summed E-state index contributed by atoms with van der Waals surface area (Å²) in [7, 11) is 0. The Kier molecular flexibility index (Phi) is 2.44. The highest BCUT2D eigenvalue weighted by molar-refractivity contribution is 6.67. The van der Waals surface area contributed by atoms with E-state index in [-0.39, 0.29) is 6.79 Å². The predicted octanol–water partition coefficient (Wildman–Crippen LogP) is 2.24. The zero-order valence-corrected chi connectivity index (χ0v) is 8.43. The monoisotopic (exact) mass is 212 g/mol. The zero-order valence-electron chi connectivity index (χ0n) is 7.67. The van der Waals surface area contributed by atoms with Crippen molar-refractivity contribution >= 4 is 16.8 Å². The van der Waals surface area contributed by atoms with Crippen molar-refractivity contribution in [3.05, 3.63) is 28.8 Å². The van der Waals surface area contributed by atoms with Crippen molar-refractivity contribution in [3.63, 3.8) is 0 Å². The van der Waals surface area contributed by atoms with Crippen molar-refractivity contribution in [2.24, 2.45) is 0 Å². The van der Waals surface area contributed by atoms with Crippen LogP contribution in [0, 0.1) is 6.92 Å². The van der Waals surface area contributed by atoms with Crippen LogP contribution in [0.1, 0.15) is 21.5 Å². The van der Waals surface area contributed by atoms with Crippen LogP contribution in [-0.2, 0) is 11.3 Å². The van der Waals surface area contributed by atoms with Gasteiger partial charge in [0.25, 0.3) is 5.24 Å². The van der Waals surface area contributed by atoms with Gasteiger partial charge in [0.1, 0.15) is 5.75 Å². The first-order valence-corrected chi connectivity index (χ1v) is 4.61. The van der Waals surface area contributed by atoms with E-state index in [1.54, 1.807) is 12.1 Å². The molecule has 0 fully saturated rings. The molecule has 3 nitrogen and oxygen atoms in total. The maximum atomic E-state index is 11.0. The van der Waals surface area contributed by atoms with Crippen molar-refractivity contribution in [1.29, 1.82) is 0 Å². The Morgan fingerprint density at radius 2 is 2.29 bits per heavy atom. The van der Waals surface area contributed by atoms with Crippen LogP contribution in [0.3, 0.4) is 0 Å². The molecule has 1 aliphatic rings. The molecule has 0 bridgehead atoms. The average molecular weight is 213 g/mol. The summed E-state index contributed by atoms with van der Waals surface area (Å²) < 4.78 is 10.4. The Morgan fingerprint density at radius 1 is 1.50 bits per heavy atom. The molecule has 74 valence electrons. The highest BCUT2D eigenvalue weighted by atomic mass is 35.5. The van der Waals surface area contributed by atoms with E-state index in [0.717, 1.165) is 16.9 Å². The summed E-state index contributed by atoms with van der Waals surface area (Å²) in [5.41, 5.74) is 2.23. The van der Waals surface area contributed by atoms with Crippen molar-refractivity contribution in [3.8, 4) is 5.75 Å². The van der Waals surface area contributed by atoms with E-state index in [4.69, 9.17) is 21.1 Å². The molecule has 0 saturated carbocycles. The summed E-state index contributed by atoms with van der Waals surface area (Å²) in [5.74, 6) is 0.725. The average Bonchev–Trinajstić information content (AvgIpc) is 2.18. The molecule has 4 heteroatoms. The number of halogens is 1. The van der Waals surface area contributed by atoms with E-state index < -0.39 is 5.24 Å². The number of hydrogen-bond acceptors (Lipinski definition) is 3. The maximum absolute atomic E-state index is 11.0. The molecule has 0 saturated heterocycles. The SMILES string of the molecule is Cc1c(C(=O)Cl)ccc2c1OCOC2. The highest BCUT2D eigenvalue weighted by Gasteiger charge is 2.17. The molecule has 1 aromatic rings. The molecule has 0 atom stereocenters. The molecule has 0 N–H and O–H groups in total. The van der Waals surface area contributed by atoms with Gasteiger partial charge in [-0.05, 0) is 24.6 Å². The summed E-state index contributed by atoms with van der Waals surface area (Å²) in [6.07, 6.45) is 0. The maximum Gasteiger partial charge on any atom is 0.252 e. The van der Waals surface area contributed by atoms with Crippen molar-refractivity contribution in [2.45, 2.75) is 13.5 Å². The highest BCUT2D eigenvalue weighted by Crippen LogP contribution is 2.30. The van der Waals surface area contributed by atoms with Crippen LogP contribution in [0.5, 0.6) is 5.75 Å². The van der Waals surface area contributed by atoms with Gasteiger partial charge in [0.15, 0.2) is 6.79 Å². The lowest BCUT2D eigenvalue weighted by molar-refractivity contribution is -0.0169. The molecule has 1 heterocycles. The van der Waals surface area contributed by atoms with Gasteiger partial charge in [-0.1, -0.05) is 6.07 Å². The van der Waals surface area contributed by atoms with Crippen LogP contribution in [0.15, 0.2) is 12.1 Å². The number of hydrogen-bond donors (Lipinski definition) is 0. The van der Waals surface area contributed by atoms with Gasteiger partial charge >= 0.3 is 0 Å². The Labute approximate surface area is 86.6 Å². The standard InChI is InChI=1S/C10H9ClO3/c1-6-8(10(11)12)3-2-7-4-13-5-14-9(6)7/h2-3H,4-5H2,1H3. The van der Waals surface area contributed by atoms with E-state index in [1.807, 2.05) is 6.92 Å². The quantitative estimate of drug-likeness (QED) is 0.670. The Balaban J connectivity index is 2.54. The third-order valence-corrected chi connectivity index (χ3v) is 2.45. The van der Waals surface area contributed by atoms with Gasteiger partial charge in [-0.2, -0.15) is 0 Å². The smallest absolute Gasteiger partial charge is 0.252 e. The van der Waals surface area contributed by atoms with E-state index in [9.17, 15) is 4.79 Å². The second kappa shape index (κ2) is 3.59. The third-order valence-electron chi connectivity index (χ3n) is 2.24. The Morgan fingerprint density at radius 3 is 3.00 bits per heavy atom. The molecule has 0 unspecified atom stereocenters. The Hall–Kier alpha value is -1.06. The van der Waals surface area contributed by atoms with Gasteiger partial charge < -0.3 is 9.47 Å². The van der Waals surface area contributed by atoms with Crippen LogP contribution in [0.2, 0.25) is 0 Å². The number of benzene rings is 1. The molecular formula is C10H9ClO3. The molecule has 1 aromatic carbocycles. The fraction of sp³-hybridized carbons (Fsp3) is 0.300. The largest absolute Gasteiger partial charge is 0.467 e. The molecule has 0 aromatic heterocycles. The summed E-state index contributed by atoms with van der Waals surface area (Å²) in [6, 6.07) is 3.50. The fourth-order valence-corrected chi connectivity index (χ4v) is 1.73. The molecule has 0 amide bonds. The van der Waals surface area contributed by atoms with Gasteiger partial charge in [-0.3, -0.25) is 4.79 Å². The fourth-order valence-electron chi connectivity index (χ4n) is 1.53. The van der Waals surface area contributed by atoms with Gasteiger partial charge in [0.2, 0.25) is 0 Å². The lowest BCUT2D eigenvalue weighted by Gasteiger charge is -2.20. The lowest BCUT2D eigenvalue weighted by Crippen LogP contribution is -2.13. The topological polar surface area (TPSA) is 35.5 Å². The molecule has 14 heavy (non-hydrogen) atoms. The third kappa shape index (κ3) is 1.49. The molecule has 1 aliphatic heterocycles. The minimum Gasteiger partial charge on any atom is -0.467 e. The van der Waals surface area contributed by atoms with E-state index >= 15 is 0 Å². The minimum absolute atomic E-state index is 0.230. The summed E-state index contributed by atoms with van der Waals surface area (Å²) >= 11 is 5.43. The zero-order chi connectivity index (χ0) is 10.1. The van der Waals surface area contributed by atoms with Gasteiger partial charge in [0.05, 0.1) is 6.61 Å². The first-order valence-electron chi connectivity index (χ1n) is 4.23. The Bertz CT molecular complexity index is 387. The number of carbonyl (C=O) groups excluding carboxylic acids is 1. The summed E-state index contributed by atoms with van der Waals surface area (Å²) in [4.78, 5) is 11.0. The summed E-state index contributed by atoms with van der Waals surface area (Å²) in [6.45, 7) is 2.57. The van der Waals surface area contributed by atoms with E-state index in [0.29, 0.717) is 12.2 Å². The van der Waals surface area contributed by atoms with Crippen molar-refractivity contribution in [2.75, 3.05) is 6.79 Å². The van der Waals surface area contributed by atoms with E-state index in [1.165, 1.54) is 0 Å². The predicted molar refractivity (Wildman–Crippen MR) is 51.6 cm³/mol. The lowest BCUT2D eigenvalue weighted by atomic mass is 10.0. The molecule has 0 aliphatic carbocycles. The number of fused-ring (bicyclic) bond motifs is 1. The molecular weight excluding hydrogens is 204 g/mol. The van der Waals surface area contributed by atoms with Gasteiger partial charge in [-0.25, -0.2) is 0 Å². The van der Waals surface area contributed by atoms with Crippen molar-refractivity contribution in [1.82, 2.24) is 0 Å². The van der Waals surface area contributed by atoms with Crippen LogP contribution < -0.4 is 4.74 Å². The van der Waals surface area contributed by atoms with Crippen LogP contribution in [-0.4, -0.2) is 12.0 Å². The van der Waals surface area contributed by atoms with E-state index in [2.05, 4.69) is 0 Å². The number of carbonyl (C=O) groups is 1. The van der Waals surface area contributed by atoms with Crippen LogP contribution in [0.4, 0.5) is 0 Å². The van der Waals surface area contributed by atoms with Gasteiger partial charge in [-0.15, -0.1) is 0 Å². The van der Waals surface area contributed by atoms with Crippen LogP contribution >= 0.6 is 11.6 Å². The molecule has 0 spiro atoms. The number of ether oxygens (including phenoxy) is 2. The first kappa shape index (κ1) is 9.49. The first-order chi connectivity index (χ1) is 6.70. The normalized spacial score (nSPS) is 14.4. The van der Waals surface area contributed by atoms with Crippen LogP contribution in [0.25, 0.3) is 0 Å². The summed E-state index contributed by atoms with van der Waals surface area (Å²) in [5, 5.41) is -0.458. The second-order valence-electron chi connectivity index (χ2n) is 3.11. The molecule has 0 radical (unpaired) electrons. The number of rotatable bonds is 1. The minimum atomic E-state index is -0.458.